The molecule has 8 fully saturated rings. The van der Waals surface area contributed by atoms with E-state index in [1.165, 1.54) is 42.1 Å². The average molecular weight is 1420 g/mol. The van der Waals surface area contributed by atoms with Crippen LogP contribution in [-0.4, -0.2) is 190 Å². The molecule has 14 atom stereocenters. The van der Waals surface area contributed by atoms with Crippen molar-refractivity contribution in [2.75, 3.05) is 13.1 Å². The SMILES string of the molecule is CC(C)(C)[C@H](NC(=O)[C@@H](NC(=O)c1cnccn1)C1CCCCC1)C(=O)N1C[C@H]2[C@@H]([C@H]1C(=O)O)C2(C)C.CCC[C@H](NC(=O)[C@@H]1[C@@H]2[C@H](CN1C(=O)[C@@H](NC(=O)[C@@H](NC(=O)c1cnccn1)C1CCCCC1)C(C)(C)C)C2(C)C)C(O)C(=O)NC1CC1.CCC[C@H]([NH3+])C(O)C(=O)NC1CC1.[Cl-]. The second kappa shape index (κ2) is 33.9. The van der Waals surface area contributed by atoms with Crippen molar-refractivity contribution < 1.29 is 81.4 Å². The van der Waals surface area contributed by atoms with Crippen LogP contribution in [0.1, 0.15) is 220 Å². The molecule has 0 aromatic carbocycles. The number of aliphatic carboxylic acids is 1. The molecule has 6 saturated carbocycles. The van der Waals surface area contributed by atoms with Gasteiger partial charge in [-0.15, -0.1) is 0 Å². The third kappa shape index (κ3) is 19.8. The van der Waals surface area contributed by atoms with Crippen LogP contribution >= 0.6 is 0 Å². The summed E-state index contributed by atoms with van der Waals surface area (Å²) in [6.45, 7) is 24.1. The fourth-order valence-corrected chi connectivity index (χ4v) is 15.5. The maximum Gasteiger partial charge on any atom is 0.326 e. The fraction of sp³-hybridized carbons (Fsp3) is 0.750. The van der Waals surface area contributed by atoms with Gasteiger partial charge in [-0.25, -0.2) is 14.8 Å². The van der Waals surface area contributed by atoms with Gasteiger partial charge in [-0.2, -0.15) is 0 Å². The molecule has 2 saturated heterocycles. The molecule has 0 spiro atoms. The van der Waals surface area contributed by atoms with Gasteiger partial charge < -0.3 is 80.5 Å². The molecule has 0 bridgehead atoms. The van der Waals surface area contributed by atoms with Crippen LogP contribution in [0.2, 0.25) is 0 Å². The Labute approximate surface area is 595 Å². The number of carboxylic acid groups (broad SMARTS) is 1. The first-order valence-electron chi connectivity index (χ1n) is 36.3. The normalized spacial score (nSPS) is 25.1. The summed E-state index contributed by atoms with van der Waals surface area (Å²) < 4.78 is 0. The van der Waals surface area contributed by atoms with Crippen LogP contribution < -0.4 is 55.4 Å². The molecule has 2 unspecified atom stereocenters. The van der Waals surface area contributed by atoms with Gasteiger partial charge in [0.25, 0.3) is 23.6 Å². The van der Waals surface area contributed by atoms with Crippen LogP contribution in [0.15, 0.2) is 37.2 Å². The molecule has 27 nitrogen and oxygen atoms in total. The van der Waals surface area contributed by atoms with Gasteiger partial charge in [0.15, 0.2) is 12.2 Å². The summed E-state index contributed by atoms with van der Waals surface area (Å²) in [7, 11) is 0. The topological polar surface area (TPSA) is 401 Å². The number of amides is 9. The van der Waals surface area contributed by atoms with Crippen LogP contribution in [0.5, 0.6) is 0 Å². The van der Waals surface area contributed by atoms with Gasteiger partial charge in [-0.3, -0.25) is 53.1 Å². The lowest BCUT2D eigenvalue weighted by atomic mass is 9.82. The van der Waals surface area contributed by atoms with E-state index in [1.54, 1.807) is 4.90 Å². The van der Waals surface area contributed by atoms with Crippen molar-refractivity contribution in [3.63, 3.8) is 0 Å². The van der Waals surface area contributed by atoms with Crippen LogP contribution in [0.3, 0.4) is 0 Å². The summed E-state index contributed by atoms with van der Waals surface area (Å²) in [6, 6.07) is -5.97. The second-order valence-electron chi connectivity index (χ2n) is 32.5. The van der Waals surface area contributed by atoms with Gasteiger partial charge in [0.05, 0.1) is 18.4 Å². The van der Waals surface area contributed by atoms with E-state index >= 15 is 0 Å². The first-order valence-corrected chi connectivity index (χ1v) is 36.3. The highest BCUT2D eigenvalue weighted by atomic mass is 35.5. The minimum atomic E-state index is -1.41. The number of aliphatic hydroxyl groups excluding tert-OH is 2. The van der Waals surface area contributed by atoms with E-state index in [0.29, 0.717) is 32.0 Å². The largest absolute Gasteiger partial charge is 1.00 e. The number of aliphatic hydroxyl groups is 2. The second-order valence-corrected chi connectivity index (χ2v) is 32.5. The molecule has 13 N–H and O–H groups in total. The van der Waals surface area contributed by atoms with E-state index < -0.39 is 107 Å². The minimum Gasteiger partial charge on any atom is -1.00 e. The number of piperidine rings is 2. The lowest BCUT2D eigenvalue weighted by Crippen LogP contribution is -3.00. The zero-order chi connectivity index (χ0) is 72.6. The number of aromatic nitrogens is 4. The third-order valence-corrected chi connectivity index (χ3v) is 22.1. The smallest absolute Gasteiger partial charge is 0.326 e. The monoisotopic (exact) mass is 1420 g/mol. The number of fused-ring (bicyclic) bond motifs is 2. The Balaban J connectivity index is 0.000000242. The Morgan fingerprint density at radius 2 is 0.930 bits per heavy atom. The van der Waals surface area contributed by atoms with Crippen LogP contribution in [0.25, 0.3) is 0 Å². The van der Waals surface area contributed by atoms with Crippen molar-refractivity contribution in [1.82, 2.24) is 67.0 Å². The first kappa shape index (κ1) is 80.3. The third-order valence-electron chi connectivity index (χ3n) is 22.1. The van der Waals surface area contributed by atoms with Crippen molar-refractivity contribution in [3.8, 4) is 0 Å². The molecule has 10 rings (SSSR count). The molecule has 2 aromatic rings. The van der Waals surface area contributed by atoms with Gasteiger partial charge >= 0.3 is 5.97 Å². The maximum absolute atomic E-state index is 14.6. The highest BCUT2D eigenvalue weighted by Crippen LogP contribution is 2.66. The van der Waals surface area contributed by atoms with Gasteiger partial charge in [-0.05, 0) is 109 Å². The Morgan fingerprint density at radius 1 is 0.540 bits per heavy atom. The lowest BCUT2D eigenvalue weighted by Gasteiger charge is -2.39. The number of carbonyl (C=O) groups is 10. The number of hydrogen-bond donors (Lipinski definition) is 11. The average Bonchev–Trinajstić information content (AvgIpc) is 1.53. The molecule has 2 aromatic heterocycles. The van der Waals surface area contributed by atoms with Gasteiger partial charge in [0.2, 0.25) is 29.5 Å². The molecule has 8 aliphatic rings. The van der Waals surface area contributed by atoms with E-state index in [4.69, 9.17) is 0 Å². The predicted molar refractivity (Wildman–Crippen MR) is 365 cm³/mol. The van der Waals surface area contributed by atoms with Crippen LogP contribution in [-0.2, 0) is 38.4 Å². The van der Waals surface area contributed by atoms with Crippen LogP contribution in [0.4, 0.5) is 0 Å². The molecule has 9 amide bonds. The summed E-state index contributed by atoms with van der Waals surface area (Å²) in [6.07, 6.45) is 21.8. The number of nitrogens with zero attached hydrogens (tertiary/aromatic N) is 6. The van der Waals surface area contributed by atoms with E-state index in [2.05, 4.69) is 76.7 Å². The molecule has 6 aliphatic carbocycles. The number of halogens is 1. The van der Waals surface area contributed by atoms with Crippen molar-refractivity contribution in [3.05, 3.63) is 48.6 Å². The van der Waals surface area contributed by atoms with E-state index in [0.717, 1.165) is 103 Å². The number of hydrogen-bond acceptors (Lipinski definition) is 16. The Hall–Kier alpha value is -6.97. The molecular weight excluding hydrogens is 1300 g/mol. The fourth-order valence-electron chi connectivity index (χ4n) is 15.5. The number of carboxylic acids is 1. The molecule has 2 aliphatic heterocycles. The number of nitrogens with one attached hydrogen (secondary N) is 7. The van der Waals surface area contributed by atoms with Gasteiger partial charge in [-0.1, -0.05) is 134 Å². The first-order chi connectivity index (χ1) is 46.6. The molecule has 100 heavy (non-hydrogen) atoms. The van der Waals surface area contributed by atoms with E-state index in [-0.39, 0.29) is 99.9 Å². The Bertz CT molecular complexity index is 3190. The molecule has 28 heteroatoms. The Morgan fingerprint density at radius 3 is 1.29 bits per heavy atom. The zero-order valence-corrected chi connectivity index (χ0v) is 61.4. The maximum atomic E-state index is 14.6. The van der Waals surface area contributed by atoms with Crippen molar-refractivity contribution in [2.45, 2.75) is 271 Å². The highest BCUT2D eigenvalue weighted by Gasteiger charge is 2.71. The van der Waals surface area contributed by atoms with E-state index in [9.17, 15) is 63.3 Å². The van der Waals surface area contributed by atoms with Crippen molar-refractivity contribution in [1.29, 1.82) is 0 Å². The summed E-state index contributed by atoms with van der Waals surface area (Å²) >= 11 is 0. The zero-order valence-electron chi connectivity index (χ0n) is 60.7. The standard InChI is InChI=1S/C36H55N7O6.C27H39N5O5.C9H18N2O2.ClH/c1-7-11-23(28(44)33(48)39-21-14-15-21)40-32(47)27-25-22(36(25,5)6)19-43(27)34(49)29(35(2,3)4)42-31(46)26(20-12-9-8-10-13-20)41-30(45)24-18-37-16-17-38-24;1-26(2,3)21(24(35)32-14-16-18(27(16,4)5)20(32)25(36)37)31-23(34)19(15-9-7-6-8-10-15)30-22(33)17-13-28-11-12-29-17;1-2-3-7(10)8(12)9(13)11-6-4-5-6;/h16-18,20-23,25-29,44H,7-15,19H2,1-6H3,(H,39,48)(H,40,47)(H,41,45)(H,42,46);11-13,15-16,18-21H,6-10,14H2,1-5H3,(H,30,33)(H,31,34)(H,36,37);6-8,12H,2-5,10H2,1H3,(H,11,13);1H/t22-,23-,25-,26-,27-,28?,29+;16-,18-,19-,20-,21+;7-,8?;/m000./s1. The molecule has 4 heterocycles. The Kier molecular flexibility index (Phi) is 27.2. The molecule has 556 valence electrons. The highest BCUT2D eigenvalue weighted by molar-refractivity contribution is 6.00. The number of carbonyl (C=O) groups excluding carboxylic acids is 9. The van der Waals surface area contributed by atoms with E-state index in [1.807, 2.05) is 69.2 Å². The summed E-state index contributed by atoms with van der Waals surface area (Å²) in [5.74, 6) is -4.96. The van der Waals surface area contributed by atoms with Gasteiger partial charge in [0.1, 0.15) is 53.7 Å². The quantitative estimate of drug-likeness (QED) is 0.0640. The van der Waals surface area contributed by atoms with Crippen LogP contribution in [0, 0.1) is 57.2 Å². The minimum absolute atomic E-state index is 0. The summed E-state index contributed by atoms with van der Waals surface area (Å²) in [5, 5.41) is 50.6. The summed E-state index contributed by atoms with van der Waals surface area (Å²) in [4.78, 5) is 152. The number of quaternary nitrogens is 1. The molecule has 0 radical (unpaired) electrons. The predicted octanol–water partition coefficient (Wildman–Crippen LogP) is 0.388. The summed E-state index contributed by atoms with van der Waals surface area (Å²) in [5.41, 5.74) is 2.29. The number of likely N-dealkylation sites (tertiary alicyclic amines) is 2. The van der Waals surface area contributed by atoms with Crippen molar-refractivity contribution in [2.24, 2.45) is 57.2 Å². The van der Waals surface area contributed by atoms with Gasteiger partial charge in [0, 0.05) is 62.3 Å². The lowest BCUT2D eigenvalue weighted by molar-refractivity contribution is -0.434. The molecular formula is C72H113ClN14O13. The van der Waals surface area contributed by atoms with Crippen molar-refractivity contribution >= 4 is 59.1 Å². The number of rotatable bonds is 25.